The Hall–Kier alpha value is -4.13. The topological polar surface area (TPSA) is 121 Å². The van der Waals surface area contributed by atoms with Gasteiger partial charge in [0.15, 0.2) is 5.13 Å². The third-order valence-corrected chi connectivity index (χ3v) is 10.5. The van der Waals surface area contributed by atoms with Crippen molar-refractivity contribution < 1.29 is 22.7 Å². The highest BCUT2D eigenvalue weighted by molar-refractivity contribution is 7.92. The van der Waals surface area contributed by atoms with E-state index in [-0.39, 0.29) is 18.0 Å². The van der Waals surface area contributed by atoms with Gasteiger partial charge in [0.2, 0.25) is 10.0 Å². The Labute approximate surface area is 310 Å². The van der Waals surface area contributed by atoms with Crippen molar-refractivity contribution in [3.8, 4) is 11.3 Å². The number of hydrogen-bond donors (Lipinski definition) is 2. The van der Waals surface area contributed by atoms with Gasteiger partial charge in [-0.2, -0.15) is 0 Å². The van der Waals surface area contributed by atoms with Gasteiger partial charge in [0.1, 0.15) is 15.6 Å². The van der Waals surface area contributed by atoms with E-state index >= 15 is 0 Å². The number of piperidine rings is 1. The van der Waals surface area contributed by atoms with E-state index in [1.165, 1.54) is 22.5 Å². The zero-order chi connectivity index (χ0) is 36.6. The molecule has 3 amide bonds. The number of nitrogens with zero attached hydrogens (tertiary/aromatic N) is 3. The zero-order valence-electron chi connectivity index (χ0n) is 29.5. The normalized spacial score (nSPS) is 14.0. The number of rotatable bonds is 12. The molecule has 1 aromatic heterocycles. The third kappa shape index (κ3) is 11.4. The maximum atomic E-state index is 14.0. The minimum atomic E-state index is -3.41. The first kappa shape index (κ1) is 38.1. The first-order valence-electron chi connectivity index (χ1n) is 17.1. The summed E-state index contributed by atoms with van der Waals surface area (Å²) in [5, 5.41) is 3.37. The van der Waals surface area contributed by atoms with E-state index in [1.807, 2.05) is 62.1 Å². The molecule has 10 nitrogen and oxygen atoms in total. The second kappa shape index (κ2) is 16.9. The average Bonchev–Trinajstić information content (AvgIpc) is 3.45. The lowest BCUT2D eigenvalue weighted by Gasteiger charge is -2.34. The number of anilines is 2. The lowest BCUT2D eigenvalue weighted by atomic mass is 9.88. The Morgan fingerprint density at radius 2 is 1.55 bits per heavy atom. The summed E-state index contributed by atoms with van der Waals surface area (Å²) < 4.78 is 31.6. The smallest absolute Gasteiger partial charge is 0.410 e. The number of amides is 3. The van der Waals surface area contributed by atoms with E-state index in [1.54, 1.807) is 29.2 Å². The maximum absolute atomic E-state index is 14.0. The molecule has 4 aromatic rings. The predicted molar refractivity (Wildman–Crippen MR) is 206 cm³/mol. The van der Waals surface area contributed by atoms with Gasteiger partial charge >= 0.3 is 12.1 Å². The van der Waals surface area contributed by atoms with Gasteiger partial charge in [-0.3, -0.25) is 10.0 Å². The van der Waals surface area contributed by atoms with Gasteiger partial charge in [0.25, 0.3) is 0 Å². The van der Waals surface area contributed by atoms with E-state index in [9.17, 15) is 18.0 Å². The molecule has 1 aliphatic rings. The van der Waals surface area contributed by atoms with Crippen LogP contribution in [-0.4, -0.2) is 73.4 Å². The van der Waals surface area contributed by atoms with Gasteiger partial charge in [-0.1, -0.05) is 95.7 Å². The molecule has 0 unspecified atom stereocenters. The summed E-state index contributed by atoms with van der Waals surface area (Å²) in [6.45, 7) is 7.92. The Balaban J connectivity index is 1.29. The van der Waals surface area contributed by atoms with Crippen molar-refractivity contribution in [2.75, 3.05) is 42.5 Å². The Morgan fingerprint density at radius 3 is 2.10 bits per heavy atom. The quantitative estimate of drug-likeness (QED) is 0.149. The molecule has 5 rings (SSSR count). The molecule has 1 aliphatic heterocycles. The molecule has 1 saturated heterocycles. The molecule has 1 fully saturated rings. The van der Waals surface area contributed by atoms with Crippen LogP contribution in [0, 0.1) is 5.92 Å². The van der Waals surface area contributed by atoms with Gasteiger partial charge in [0, 0.05) is 43.3 Å². The molecule has 0 spiro atoms. The Morgan fingerprint density at radius 1 is 0.961 bits per heavy atom. The second-order valence-corrected chi connectivity index (χ2v) is 17.2. The second-order valence-electron chi connectivity index (χ2n) is 13.9. The minimum Gasteiger partial charge on any atom is -0.444 e. The SMILES string of the molecule is CC(C)(C)OC(=O)N1CCC(CCN(CCC(c2ccccc2)c2ccccc2)C(=O)Nc2nc(-c3ccc(NS(C)(=O)=O)cc3)c(Cl)s2)CC1. The number of nitrogens with one attached hydrogen (secondary N) is 2. The molecular formula is C38H46ClN5O5S2. The molecule has 0 aliphatic carbocycles. The highest BCUT2D eigenvalue weighted by Crippen LogP contribution is 2.36. The predicted octanol–water partition coefficient (Wildman–Crippen LogP) is 8.93. The molecule has 0 saturated carbocycles. The molecule has 0 radical (unpaired) electrons. The maximum Gasteiger partial charge on any atom is 0.410 e. The van der Waals surface area contributed by atoms with Crippen LogP contribution in [0.5, 0.6) is 0 Å². The van der Waals surface area contributed by atoms with E-state index in [0.29, 0.717) is 58.5 Å². The van der Waals surface area contributed by atoms with Crippen molar-refractivity contribution in [3.63, 3.8) is 0 Å². The first-order valence-corrected chi connectivity index (χ1v) is 20.2. The van der Waals surface area contributed by atoms with Crippen LogP contribution < -0.4 is 10.0 Å². The monoisotopic (exact) mass is 751 g/mol. The van der Waals surface area contributed by atoms with Gasteiger partial charge < -0.3 is 14.5 Å². The van der Waals surface area contributed by atoms with E-state index in [0.717, 1.165) is 31.9 Å². The van der Waals surface area contributed by atoms with Crippen LogP contribution in [0.3, 0.4) is 0 Å². The fourth-order valence-corrected chi connectivity index (χ4v) is 7.82. The summed E-state index contributed by atoms with van der Waals surface area (Å²) in [7, 11) is -3.41. The fourth-order valence-electron chi connectivity index (χ4n) is 6.18. The van der Waals surface area contributed by atoms with Crippen LogP contribution in [-0.2, 0) is 14.8 Å². The first-order chi connectivity index (χ1) is 24.2. The van der Waals surface area contributed by atoms with Crippen LogP contribution >= 0.6 is 22.9 Å². The van der Waals surface area contributed by atoms with Crippen molar-refractivity contribution in [2.24, 2.45) is 5.92 Å². The van der Waals surface area contributed by atoms with Crippen LogP contribution in [0.2, 0.25) is 4.34 Å². The standard InChI is InChI=1S/C38H46ClN5O5S2/c1-38(2,3)49-37(46)44-24-20-27(21-25-44)19-23-43(26-22-32(28-11-7-5-8-12-28)29-13-9-6-10-14-29)36(45)41-35-40-33(34(39)50-35)30-15-17-31(18-16-30)42-51(4,47)48/h5-18,27,32,42H,19-26H2,1-4H3,(H,40,41,45). The molecule has 3 aromatic carbocycles. The van der Waals surface area contributed by atoms with Gasteiger partial charge in [0.05, 0.1) is 6.26 Å². The van der Waals surface area contributed by atoms with E-state index < -0.39 is 15.6 Å². The summed E-state index contributed by atoms with van der Waals surface area (Å²) in [5.74, 6) is 0.458. The number of benzene rings is 3. The van der Waals surface area contributed by atoms with Crippen LogP contribution in [0.4, 0.5) is 20.4 Å². The highest BCUT2D eigenvalue weighted by atomic mass is 35.5. The summed E-state index contributed by atoms with van der Waals surface area (Å²) >= 11 is 7.78. The molecule has 0 atom stereocenters. The fraction of sp³-hybridized carbons (Fsp3) is 0.395. The zero-order valence-corrected chi connectivity index (χ0v) is 31.9. The molecule has 272 valence electrons. The Kier molecular flexibility index (Phi) is 12.6. The summed E-state index contributed by atoms with van der Waals surface area (Å²) in [6.07, 6.45) is 4.02. The summed E-state index contributed by atoms with van der Waals surface area (Å²) in [6, 6.07) is 27.2. The molecule has 2 heterocycles. The Bertz CT molecular complexity index is 1820. The molecule has 13 heteroatoms. The van der Waals surface area contributed by atoms with Crippen LogP contribution in [0.25, 0.3) is 11.3 Å². The van der Waals surface area contributed by atoms with Crippen molar-refractivity contribution in [1.29, 1.82) is 0 Å². The van der Waals surface area contributed by atoms with Gasteiger partial charge in [-0.05, 0) is 75.6 Å². The van der Waals surface area contributed by atoms with E-state index in [2.05, 4.69) is 39.3 Å². The molecule has 0 bridgehead atoms. The summed E-state index contributed by atoms with van der Waals surface area (Å²) in [5.41, 5.74) is 3.46. The molecule has 2 N–H and O–H groups in total. The van der Waals surface area contributed by atoms with Crippen LogP contribution in [0.15, 0.2) is 84.9 Å². The summed E-state index contributed by atoms with van der Waals surface area (Å²) in [4.78, 5) is 34.9. The third-order valence-electron chi connectivity index (χ3n) is 8.71. The number of carbonyl (C=O) groups is 2. The van der Waals surface area contributed by atoms with Gasteiger partial charge in [-0.25, -0.2) is 23.0 Å². The van der Waals surface area contributed by atoms with Gasteiger partial charge in [-0.15, -0.1) is 0 Å². The lowest BCUT2D eigenvalue weighted by Crippen LogP contribution is -2.43. The largest absolute Gasteiger partial charge is 0.444 e. The number of halogens is 1. The molecule has 51 heavy (non-hydrogen) atoms. The number of hydrogen-bond acceptors (Lipinski definition) is 7. The van der Waals surface area contributed by atoms with Crippen molar-refractivity contribution in [3.05, 3.63) is 100 Å². The van der Waals surface area contributed by atoms with Crippen molar-refractivity contribution in [1.82, 2.24) is 14.8 Å². The molecular weight excluding hydrogens is 706 g/mol. The van der Waals surface area contributed by atoms with E-state index in [4.69, 9.17) is 16.3 Å². The van der Waals surface area contributed by atoms with Crippen molar-refractivity contribution in [2.45, 2.75) is 58.0 Å². The number of carbonyl (C=O) groups excluding carboxylic acids is 2. The number of sulfonamides is 1. The average molecular weight is 752 g/mol. The minimum absolute atomic E-state index is 0.0980. The number of ether oxygens (including phenoxy) is 1. The lowest BCUT2D eigenvalue weighted by molar-refractivity contribution is 0.0179. The number of urea groups is 1. The number of thiazole rings is 1. The van der Waals surface area contributed by atoms with Crippen LogP contribution in [0.1, 0.15) is 63.5 Å². The van der Waals surface area contributed by atoms with Crippen molar-refractivity contribution >= 4 is 55.9 Å². The number of aromatic nitrogens is 1. The number of likely N-dealkylation sites (tertiary alicyclic amines) is 1. The highest BCUT2D eigenvalue weighted by Gasteiger charge is 2.28.